The Morgan fingerprint density at radius 1 is 1.14 bits per heavy atom. The lowest BCUT2D eigenvalue weighted by atomic mass is 10.1. The first-order valence-corrected chi connectivity index (χ1v) is 6.89. The molecular weight excluding hydrogens is 262 g/mol. The number of nitrogens with one attached hydrogen (secondary N) is 2. The third kappa shape index (κ3) is 3.83. The highest BCUT2D eigenvalue weighted by Gasteiger charge is 2.08. The van der Waals surface area contributed by atoms with Crippen molar-refractivity contribution in [1.29, 1.82) is 5.26 Å². The lowest BCUT2D eigenvalue weighted by molar-refractivity contribution is 0.102. The molecule has 2 aromatic carbocycles. The first-order chi connectivity index (χ1) is 10.2. The molecule has 0 heterocycles. The van der Waals surface area contributed by atoms with E-state index < -0.39 is 0 Å². The number of nitrogens with zero attached hydrogens (tertiary/aromatic N) is 1. The van der Waals surface area contributed by atoms with Crippen molar-refractivity contribution >= 4 is 17.3 Å². The van der Waals surface area contributed by atoms with Crippen molar-refractivity contribution in [3.63, 3.8) is 0 Å². The topological polar surface area (TPSA) is 64.9 Å². The first kappa shape index (κ1) is 14.6. The Morgan fingerprint density at radius 2 is 1.86 bits per heavy atom. The number of hydrogen-bond acceptors (Lipinski definition) is 3. The van der Waals surface area contributed by atoms with Crippen LogP contribution in [0.15, 0.2) is 48.5 Å². The van der Waals surface area contributed by atoms with Gasteiger partial charge < -0.3 is 10.6 Å². The number of benzene rings is 2. The molecule has 2 rings (SSSR count). The average molecular weight is 279 g/mol. The molecule has 0 saturated heterocycles. The van der Waals surface area contributed by atoms with Crippen LogP contribution in [0.5, 0.6) is 0 Å². The van der Waals surface area contributed by atoms with Crippen LogP contribution in [0, 0.1) is 11.3 Å². The maximum Gasteiger partial charge on any atom is 0.255 e. The van der Waals surface area contributed by atoms with Crippen molar-refractivity contribution < 1.29 is 4.79 Å². The Hall–Kier alpha value is -2.80. The van der Waals surface area contributed by atoms with Gasteiger partial charge in [-0.25, -0.2) is 0 Å². The van der Waals surface area contributed by atoms with E-state index in [1.54, 1.807) is 36.4 Å². The molecule has 0 spiro atoms. The van der Waals surface area contributed by atoms with Crippen molar-refractivity contribution in [2.45, 2.75) is 13.3 Å². The largest absolute Gasteiger partial charge is 0.385 e. The molecule has 0 unspecified atom stereocenters. The molecule has 0 aliphatic heterocycles. The van der Waals surface area contributed by atoms with Crippen LogP contribution in [0.4, 0.5) is 11.4 Å². The summed E-state index contributed by atoms with van der Waals surface area (Å²) in [7, 11) is 0. The molecule has 1 amide bonds. The summed E-state index contributed by atoms with van der Waals surface area (Å²) in [5, 5.41) is 15.0. The number of amides is 1. The van der Waals surface area contributed by atoms with Gasteiger partial charge in [0.15, 0.2) is 0 Å². The highest BCUT2D eigenvalue weighted by Crippen LogP contribution is 2.16. The predicted octanol–water partition coefficient (Wildman–Crippen LogP) is 3.63. The number of para-hydroxylation sites is 1. The number of carbonyl (C=O) groups excluding carboxylic acids is 1. The number of carbonyl (C=O) groups is 1. The summed E-state index contributed by atoms with van der Waals surface area (Å²) in [5.74, 6) is -0.222. The van der Waals surface area contributed by atoms with E-state index in [1.165, 1.54) is 0 Å². The molecule has 2 N–H and O–H groups in total. The van der Waals surface area contributed by atoms with Crippen LogP contribution in [0.25, 0.3) is 0 Å². The van der Waals surface area contributed by atoms with Crippen LogP contribution in [0.2, 0.25) is 0 Å². The van der Waals surface area contributed by atoms with E-state index in [2.05, 4.69) is 23.6 Å². The van der Waals surface area contributed by atoms with E-state index in [0.717, 1.165) is 18.7 Å². The van der Waals surface area contributed by atoms with E-state index in [9.17, 15) is 4.79 Å². The lowest BCUT2D eigenvalue weighted by Crippen LogP contribution is -2.12. The van der Waals surface area contributed by atoms with Gasteiger partial charge in [0.2, 0.25) is 0 Å². The molecule has 2 aromatic rings. The minimum absolute atomic E-state index is 0.222. The highest BCUT2D eigenvalue weighted by molar-refractivity contribution is 6.05. The molecule has 0 aromatic heterocycles. The predicted molar refractivity (Wildman–Crippen MR) is 84.3 cm³/mol. The average Bonchev–Trinajstić information content (AvgIpc) is 2.54. The summed E-state index contributed by atoms with van der Waals surface area (Å²) in [6.45, 7) is 3.00. The molecular formula is C17H17N3O. The quantitative estimate of drug-likeness (QED) is 0.878. The zero-order valence-corrected chi connectivity index (χ0v) is 11.9. The fourth-order valence-corrected chi connectivity index (χ4v) is 1.89. The number of hydrogen-bond donors (Lipinski definition) is 2. The summed E-state index contributed by atoms with van der Waals surface area (Å²) in [6, 6.07) is 16.3. The van der Waals surface area contributed by atoms with E-state index >= 15 is 0 Å². The zero-order chi connectivity index (χ0) is 15.1. The highest BCUT2D eigenvalue weighted by atomic mass is 16.1. The van der Waals surface area contributed by atoms with Crippen molar-refractivity contribution in [2.75, 3.05) is 17.2 Å². The van der Waals surface area contributed by atoms with Crippen molar-refractivity contribution in [3.8, 4) is 6.07 Å². The summed E-state index contributed by atoms with van der Waals surface area (Å²) >= 11 is 0. The lowest BCUT2D eigenvalue weighted by Gasteiger charge is -2.08. The smallest absolute Gasteiger partial charge is 0.255 e. The third-order valence-corrected chi connectivity index (χ3v) is 3.02. The van der Waals surface area contributed by atoms with Gasteiger partial charge in [-0.05, 0) is 42.8 Å². The van der Waals surface area contributed by atoms with Gasteiger partial charge in [-0.3, -0.25) is 4.79 Å². The molecule has 106 valence electrons. The second-order valence-corrected chi connectivity index (χ2v) is 4.62. The van der Waals surface area contributed by atoms with E-state index in [1.807, 2.05) is 12.1 Å². The molecule has 0 aliphatic rings. The Balaban J connectivity index is 2.08. The molecule has 0 saturated carbocycles. The summed E-state index contributed by atoms with van der Waals surface area (Å²) in [6.07, 6.45) is 1.05. The Labute approximate surface area is 124 Å². The van der Waals surface area contributed by atoms with Gasteiger partial charge in [-0.2, -0.15) is 5.26 Å². The van der Waals surface area contributed by atoms with Gasteiger partial charge in [0, 0.05) is 17.8 Å². The SMILES string of the molecule is CCCNc1ccc(C(=O)Nc2ccccc2C#N)cc1. The zero-order valence-electron chi connectivity index (χ0n) is 11.9. The van der Waals surface area contributed by atoms with Crippen LogP contribution in [0.1, 0.15) is 29.3 Å². The van der Waals surface area contributed by atoms with E-state index in [0.29, 0.717) is 16.8 Å². The Bertz CT molecular complexity index is 656. The van der Waals surface area contributed by atoms with Crippen LogP contribution < -0.4 is 10.6 Å². The molecule has 4 nitrogen and oxygen atoms in total. The van der Waals surface area contributed by atoms with Gasteiger partial charge in [0.05, 0.1) is 11.3 Å². The molecule has 0 bridgehead atoms. The molecule has 0 radical (unpaired) electrons. The van der Waals surface area contributed by atoms with E-state index in [4.69, 9.17) is 5.26 Å². The van der Waals surface area contributed by atoms with Gasteiger partial charge in [0.1, 0.15) is 6.07 Å². The van der Waals surface area contributed by atoms with Gasteiger partial charge in [0.25, 0.3) is 5.91 Å². The van der Waals surface area contributed by atoms with Gasteiger partial charge in [-0.1, -0.05) is 19.1 Å². The number of anilines is 2. The number of nitriles is 1. The maximum absolute atomic E-state index is 12.2. The standard InChI is InChI=1S/C17H17N3O/c1-2-11-19-15-9-7-13(8-10-15)17(21)20-16-6-4-3-5-14(16)12-18/h3-10,19H,2,11H2,1H3,(H,20,21). The van der Waals surface area contributed by atoms with E-state index in [-0.39, 0.29) is 5.91 Å². The maximum atomic E-state index is 12.2. The van der Waals surface area contributed by atoms with Gasteiger partial charge >= 0.3 is 0 Å². The normalized spacial score (nSPS) is 9.71. The fraction of sp³-hybridized carbons (Fsp3) is 0.176. The molecule has 0 aliphatic carbocycles. The molecule has 0 atom stereocenters. The van der Waals surface area contributed by atoms with Crippen molar-refractivity contribution in [2.24, 2.45) is 0 Å². The van der Waals surface area contributed by atoms with Gasteiger partial charge in [-0.15, -0.1) is 0 Å². The van der Waals surface area contributed by atoms with Crippen molar-refractivity contribution in [1.82, 2.24) is 0 Å². The van der Waals surface area contributed by atoms with Crippen LogP contribution in [-0.2, 0) is 0 Å². The second-order valence-electron chi connectivity index (χ2n) is 4.62. The summed E-state index contributed by atoms with van der Waals surface area (Å²) < 4.78 is 0. The number of rotatable bonds is 5. The molecule has 0 fully saturated rings. The summed E-state index contributed by atoms with van der Waals surface area (Å²) in [4.78, 5) is 12.2. The second kappa shape index (κ2) is 7.11. The first-order valence-electron chi connectivity index (χ1n) is 6.89. The van der Waals surface area contributed by atoms with Crippen LogP contribution in [-0.4, -0.2) is 12.5 Å². The molecule has 21 heavy (non-hydrogen) atoms. The Morgan fingerprint density at radius 3 is 2.52 bits per heavy atom. The third-order valence-electron chi connectivity index (χ3n) is 3.02. The van der Waals surface area contributed by atoms with Crippen LogP contribution >= 0.6 is 0 Å². The summed E-state index contributed by atoms with van der Waals surface area (Å²) in [5.41, 5.74) is 2.53. The molecule has 4 heteroatoms. The minimum Gasteiger partial charge on any atom is -0.385 e. The monoisotopic (exact) mass is 279 g/mol. The Kier molecular flexibility index (Phi) is 4.94. The van der Waals surface area contributed by atoms with Crippen molar-refractivity contribution in [3.05, 3.63) is 59.7 Å². The fourth-order valence-electron chi connectivity index (χ4n) is 1.89. The minimum atomic E-state index is -0.222. The van der Waals surface area contributed by atoms with Crippen LogP contribution in [0.3, 0.4) is 0 Å².